The molecule has 0 atom stereocenters. The number of thioether (sulfide) groups is 1. The Morgan fingerprint density at radius 1 is 0.931 bits per heavy atom. The molecule has 1 heterocycles. The third kappa shape index (κ3) is 4.46. The number of nitrogens with zero attached hydrogens (tertiary/aromatic N) is 1. The molecule has 0 radical (unpaired) electrons. The first-order chi connectivity index (χ1) is 14.1. The van der Waals surface area contributed by atoms with Gasteiger partial charge in [-0.15, -0.1) is 11.8 Å². The first kappa shape index (κ1) is 19.5. The van der Waals surface area contributed by atoms with Gasteiger partial charge >= 0.3 is 0 Å². The van der Waals surface area contributed by atoms with E-state index in [2.05, 4.69) is 79.7 Å². The van der Waals surface area contributed by atoms with E-state index in [0.29, 0.717) is 12.5 Å². The quantitative estimate of drug-likeness (QED) is 0.317. The molecule has 0 fully saturated rings. The highest BCUT2D eigenvalue weighted by Gasteiger charge is 2.10. The zero-order valence-electron chi connectivity index (χ0n) is 17.1. The number of pyridine rings is 1. The Morgan fingerprint density at radius 2 is 1.76 bits per heavy atom. The van der Waals surface area contributed by atoms with Crippen LogP contribution in [-0.2, 0) is 6.61 Å². The number of hydrogen-bond acceptors (Lipinski definition) is 3. The van der Waals surface area contributed by atoms with Gasteiger partial charge in [0.05, 0.1) is 5.52 Å². The maximum atomic E-state index is 6.01. The number of rotatable bonds is 6. The van der Waals surface area contributed by atoms with E-state index in [1.54, 1.807) is 11.8 Å². The van der Waals surface area contributed by atoms with Crippen molar-refractivity contribution in [3.63, 3.8) is 0 Å². The van der Waals surface area contributed by atoms with Crippen LogP contribution in [0.25, 0.3) is 22.0 Å². The van der Waals surface area contributed by atoms with Crippen molar-refractivity contribution < 1.29 is 4.74 Å². The highest BCUT2D eigenvalue weighted by Crippen LogP contribution is 2.32. The molecule has 0 aliphatic carbocycles. The van der Waals surface area contributed by atoms with E-state index in [-0.39, 0.29) is 0 Å². The fourth-order valence-corrected chi connectivity index (χ4v) is 3.84. The van der Waals surface area contributed by atoms with E-state index in [0.717, 1.165) is 16.8 Å². The lowest BCUT2D eigenvalue weighted by molar-refractivity contribution is 0.306. The topological polar surface area (TPSA) is 22.1 Å². The molecule has 29 heavy (non-hydrogen) atoms. The monoisotopic (exact) mass is 399 g/mol. The molecule has 0 unspecified atom stereocenters. The third-order valence-electron chi connectivity index (χ3n) is 5.10. The van der Waals surface area contributed by atoms with Gasteiger partial charge in [0.15, 0.2) is 0 Å². The molecule has 0 aliphatic rings. The summed E-state index contributed by atoms with van der Waals surface area (Å²) in [5.74, 6) is 1.36. The zero-order valence-corrected chi connectivity index (χ0v) is 17.9. The van der Waals surface area contributed by atoms with E-state index >= 15 is 0 Å². The highest BCUT2D eigenvalue weighted by molar-refractivity contribution is 7.98. The maximum absolute atomic E-state index is 6.01. The summed E-state index contributed by atoms with van der Waals surface area (Å²) in [6.07, 6.45) is 3.94. The van der Waals surface area contributed by atoms with Crippen LogP contribution in [0.1, 0.15) is 30.9 Å². The normalized spacial score (nSPS) is 11.2. The summed E-state index contributed by atoms with van der Waals surface area (Å²) in [6.45, 7) is 5.00. The summed E-state index contributed by atoms with van der Waals surface area (Å²) < 4.78 is 6.01. The summed E-state index contributed by atoms with van der Waals surface area (Å²) >= 11 is 1.73. The number of benzene rings is 3. The van der Waals surface area contributed by atoms with Crippen LogP contribution >= 0.6 is 11.8 Å². The molecule has 0 saturated carbocycles. The van der Waals surface area contributed by atoms with Crippen molar-refractivity contribution in [3.8, 4) is 16.9 Å². The van der Waals surface area contributed by atoms with Crippen molar-refractivity contribution >= 4 is 22.7 Å². The highest BCUT2D eigenvalue weighted by atomic mass is 32.2. The van der Waals surface area contributed by atoms with Crippen molar-refractivity contribution in [2.24, 2.45) is 0 Å². The van der Waals surface area contributed by atoms with Crippen LogP contribution in [0.5, 0.6) is 5.75 Å². The van der Waals surface area contributed by atoms with Gasteiger partial charge in [-0.2, -0.15) is 0 Å². The van der Waals surface area contributed by atoms with E-state index in [1.807, 2.05) is 24.4 Å². The molecule has 146 valence electrons. The van der Waals surface area contributed by atoms with Gasteiger partial charge in [0.25, 0.3) is 0 Å². The Bertz CT molecular complexity index is 1120. The van der Waals surface area contributed by atoms with Crippen LogP contribution < -0.4 is 4.74 Å². The van der Waals surface area contributed by atoms with Gasteiger partial charge in [-0.05, 0) is 77.4 Å². The summed E-state index contributed by atoms with van der Waals surface area (Å²) in [5, 5.41) is 1.18. The molecule has 3 heteroatoms. The smallest absolute Gasteiger partial charge is 0.119 e. The molecule has 0 saturated heterocycles. The van der Waals surface area contributed by atoms with E-state index in [1.165, 1.54) is 27.0 Å². The molecule has 0 spiro atoms. The Balaban J connectivity index is 1.64. The summed E-state index contributed by atoms with van der Waals surface area (Å²) in [6, 6.07) is 25.5. The second-order valence-electron chi connectivity index (χ2n) is 7.46. The van der Waals surface area contributed by atoms with Gasteiger partial charge in [0, 0.05) is 22.0 Å². The molecule has 0 N–H and O–H groups in total. The van der Waals surface area contributed by atoms with E-state index in [4.69, 9.17) is 4.74 Å². The van der Waals surface area contributed by atoms with Gasteiger partial charge in [-0.25, -0.2) is 0 Å². The lowest BCUT2D eigenvalue weighted by Gasteiger charge is -2.13. The average molecular weight is 400 g/mol. The molecule has 4 aromatic rings. The van der Waals surface area contributed by atoms with Crippen LogP contribution in [-0.4, -0.2) is 11.2 Å². The molecular formula is C26H25NOS. The molecule has 0 aliphatic heterocycles. The Labute approximate surface area is 177 Å². The predicted molar refractivity (Wildman–Crippen MR) is 124 cm³/mol. The predicted octanol–water partition coefficient (Wildman–Crippen LogP) is 7.33. The Morgan fingerprint density at radius 3 is 2.52 bits per heavy atom. The standard InChI is InChI=1S/C26H25NOS/c1-18(2)22-15-21-8-5-13-27-26(21)25(16-22)20-7-4-6-19(14-20)17-28-23-9-11-24(29-3)12-10-23/h4-16,18H,17H2,1-3H3. The van der Waals surface area contributed by atoms with Crippen molar-refractivity contribution in [1.82, 2.24) is 4.98 Å². The van der Waals surface area contributed by atoms with Gasteiger partial charge < -0.3 is 4.74 Å². The van der Waals surface area contributed by atoms with Crippen molar-refractivity contribution in [2.75, 3.05) is 6.26 Å². The summed E-state index contributed by atoms with van der Waals surface area (Å²) in [7, 11) is 0. The fourth-order valence-electron chi connectivity index (χ4n) is 3.44. The number of fused-ring (bicyclic) bond motifs is 1. The number of aromatic nitrogens is 1. The van der Waals surface area contributed by atoms with Gasteiger partial charge in [0.1, 0.15) is 12.4 Å². The van der Waals surface area contributed by atoms with Crippen LogP contribution in [0.2, 0.25) is 0 Å². The Kier molecular flexibility index (Phi) is 5.86. The third-order valence-corrected chi connectivity index (χ3v) is 5.84. The Hall–Kier alpha value is -2.78. The second-order valence-corrected chi connectivity index (χ2v) is 8.34. The summed E-state index contributed by atoms with van der Waals surface area (Å²) in [4.78, 5) is 5.90. The minimum absolute atomic E-state index is 0.467. The minimum atomic E-state index is 0.467. The molecular weight excluding hydrogens is 374 g/mol. The van der Waals surface area contributed by atoms with Gasteiger partial charge in [-0.1, -0.05) is 38.1 Å². The van der Waals surface area contributed by atoms with Crippen molar-refractivity contribution in [3.05, 3.63) is 90.1 Å². The zero-order chi connectivity index (χ0) is 20.2. The molecule has 3 aromatic carbocycles. The number of hydrogen-bond donors (Lipinski definition) is 0. The van der Waals surface area contributed by atoms with Crippen LogP contribution in [0, 0.1) is 0 Å². The number of ether oxygens (including phenoxy) is 1. The van der Waals surface area contributed by atoms with E-state index < -0.39 is 0 Å². The largest absolute Gasteiger partial charge is 0.489 e. The lowest BCUT2D eigenvalue weighted by Crippen LogP contribution is -1.96. The average Bonchev–Trinajstić information content (AvgIpc) is 2.77. The first-order valence-corrected chi connectivity index (χ1v) is 11.1. The maximum Gasteiger partial charge on any atom is 0.119 e. The molecule has 2 nitrogen and oxygen atoms in total. The molecule has 1 aromatic heterocycles. The fraction of sp³-hybridized carbons (Fsp3) is 0.192. The summed E-state index contributed by atoms with van der Waals surface area (Å²) in [5.41, 5.74) is 5.88. The molecule has 0 bridgehead atoms. The molecule has 0 amide bonds. The van der Waals surface area contributed by atoms with Crippen LogP contribution in [0.3, 0.4) is 0 Å². The SMILES string of the molecule is CSc1ccc(OCc2cccc(-c3cc(C(C)C)cc4cccnc34)c2)cc1. The van der Waals surface area contributed by atoms with Gasteiger partial charge in [0.2, 0.25) is 0 Å². The lowest BCUT2D eigenvalue weighted by atomic mass is 9.93. The minimum Gasteiger partial charge on any atom is -0.489 e. The van der Waals surface area contributed by atoms with Crippen LogP contribution in [0.15, 0.2) is 83.9 Å². The van der Waals surface area contributed by atoms with E-state index in [9.17, 15) is 0 Å². The van der Waals surface area contributed by atoms with Gasteiger partial charge in [-0.3, -0.25) is 4.98 Å². The first-order valence-electron chi connectivity index (χ1n) is 9.89. The van der Waals surface area contributed by atoms with Crippen molar-refractivity contribution in [2.45, 2.75) is 31.3 Å². The van der Waals surface area contributed by atoms with Crippen LogP contribution in [0.4, 0.5) is 0 Å². The molecule has 4 rings (SSSR count). The second kappa shape index (κ2) is 8.71. The van der Waals surface area contributed by atoms with Crippen molar-refractivity contribution in [1.29, 1.82) is 0 Å².